The van der Waals surface area contributed by atoms with Crippen molar-refractivity contribution in [1.82, 2.24) is 4.98 Å². The van der Waals surface area contributed by atoms with E-state index in [2.05, 4.69) is 15.0 Å². The topological polar surface area (TPSA) is 97.8 Å². The van der Waals surface area contributed by atoms with E-state index in [-0.39, 0.29) is 34.9 Å². The molecular weight excluding hydrogens is 379 g/mol. The Morgan fingerprint density at radius 2 is 1.90 bits per heavy atom. The van der Waals surface area contributed by atoms with E-state index in [1.807, 2.05) is 0 Å². The van der Waals surface area contributed by atoms with Crippen LogP contribution in [0.4, 0.5) is 14.9 Å². The Morgan fingerprint density at radius 3 is 2.55 bits per heavy atom. The van der Waals surface area contributed by atoms with Crippen LogP contribution in [-0.2, 0) is 15.9 Å². The second-order valence-electron chi connectivity index (χ2n) is 6.20. The number of halogens is 1. The third-order valence-corrected chi connectivity index (χ3v) is 4.24. The van der Waals surface area contributed by atoms with E-state index < -0.39 is 12.1 Å². The number of pyridine rings is 1. The van der Waals surface area contributed by atoms with E-state index in [1.54, 1.807) is 31.3 Å². The zero-order valence-corrected chi connectivity index (χ0v) is 15.9. The SMILES string of the molecule is CCOC(=O)Nc1cc(C(=O)OC)c(O)c2ncc(Cc3ccc(F)cc3)cc12. The van der Waals surface area contributed by atoms with Gasteiger partial charge in [0.25, 0.3) is 0 Å². The summed E-state index contributed by atoms with van der Waals surface area (Å²) in [6.45, 7) is 1.83. The highest BCUT2D eigenvalue weighted by Crippen LogP contribution is 2.34. The first-order chi connectivity index (χ1) is 13.9. The molecule has 0 fully saturated rings. The van der Waals surface area contributed by atoms with Crippen molar-refractivity contribution in [3.8, 4) is 5.75 Å². The standard InChI is InChI=1S/C21H19FN2O5/c1-3-29-21(27)24-17-10-16(20(26)28-2)19(25)18-15(17)9-13(11-23-18)8-12-4-6-14(22)7-5-12/h4-7,9-11,25H,3,8H2,1-2H3,(H,24,27). The number of aromatic hydroxyl groups is 1. The molecule has 0 aliphatic heterocycles. The molecule has 0 spiro atoms. The number of phenols is 1. The molecule has 2 aromatic carbocycles. The fourth-order valence-electron chi connectivity index (χ4n) is 2.90. The predicted molar refractivity (Wildman–Crippen MR) is 105 cm³/mol. The third kappa shape index (κ3) is 4.43. The largest absolute Gasteiger partial charge is 0.505 e. The monoisotopic (exact) mass is 398 g/mol. The molecule has 0 radical (unpaired) electrons. The van der Waals surface area contributed by atoms with E-state index in [0.29, 0.717) is 11.8 Å². The molecule has 0 saturated heterocycles. The Kier molecular flexibility index (Phi) is 5.92. The Labute approximate surface area is 166 Å². The molecule has 1 amide bonds. The van der Waals surface area contributed by atoms with Crippen LogP contribution in [0.2, 0.25) is 0 Å². The van der Waals surface area contributed by atoms with Gasteiger partial charge in [0.15, 0.2) is 5.75 Å². The Morgan fingerprint density at radius 1 is 1.17 bits per heavy atom. The van der Waals surface area contributed by atoms with Crippen molar-refractivity contribution in [3.63, 3.8) is 0 Å². The number of nitrogens with zero attached hydrogens (tertiary/aromatic N) is 1. The number of benzene rings is 2. The molecule has 1 aromatic heterocycles. The van der Waals surface area contributed by atoms with E-state index in [9.17, 15) is 19.1 Å². The molecule has 0 aliphatic carbocycles. The van der Waals surface area contributed by atoms with Gasteiger partial charge in [0.05, 0.1) is 19.4 Å². The highest BCUT2D eigenvalue weighted by molar-refractivity contribution is 6.07. The number of aromatic nitrogens is 1. The Bertz CT molecular complexity index is 1070. The lowest BCUT2D eigenvalue weighted by molar-refractivity contribution is 0.0597. The van der Waals surface area contributed by atoms with Crippen LogP contribution in [0.15, 0.2) is 42.6 Å². The molecule has 3 aromatic rings. The van der Waals surface area contributed by atoms with Crippen LogP contribution in [0.1, 0.15) is 28.4 Å². The highest BCUT2D eigenvalue weighted by atomic mass is 19.1. The third-order valence-electron chi connectivity index (χ3n) is 4.24. The first-order valence-corrected chi connectivity index (χ1v) is 8.84. The van der Waals surface area contributed by atoms with Gasteiger partial charge in [-0.15, -0.1) is 0 Å². The number of fused-ring (bicyclic) bond motifs is 1. The van der Waals surface area contributed by atoms with Crippen LogP contribution in [0, 0.1) is 5.82 Å². The van der Waals surface area contributed by atoms with Crippen molar-refractivity contribution in [2.75, 3.05) is 19.0 Å². The van der Waals surface area contributed by atoms with Gasteiger partial charge in [-0.05, 0) is 48.7 Å². The van der Waals surface area contributed by atoms with Gasteiger partial charge in [0, 0.05) is 11.6 Å². The molecule has 0 aliphatic rings. The molecule has 7 nitrogen and oxygen atoms in total. The second-order valence-corrected chi connectivity index (χ2v) is 6.20. The number of hydrogen-bond donors (Lipinski definition) is 2. The van der Waals surface area contributed by atoms with Crippen LogP contribution in [-0.4, -0.2) is 35.9 Å². The number of methoxy groups -OCH3 is 1. The number of phenolic OH excluding ortho intramolecular Hbond substituents is 1. The molecule has 0 saturated carbocycles. The molecule has 29 heavy (non-hydrogen) atoms. The maximum Gasteiger partial charge on any atom is 0.411 e. The Hall–Kier alpha value is -3.68. The number of rotatable bonds is 5. The van der Waals surface area contributed by atoms with Gasteiger partial charge in [-0.3, -0.25) is 10.3 Å². The van der Waals surface area contributed by atoms with Crippen LogP contribution in [0.25, 0.3) is 10.9 Å². The summed E-state index contributed by atoms with van der Waals surface area (Å²) >= 11 is 0. The van der Waals surface area contributed by atoms with Gasteiger partial charge < -0.3 is 14.6 Å². The molecular formula is C21H19FN2O5. The van der Waals surface area contributed by atoms with Crippen molar-refractivity contribution in [2.24, 2.45) is 0 Å². The van der Waals surface area contributed by atoms with Crippen LogP contribution < -0.4 is 5.32 Å². The van der Waals surface area contributed by atoms with Gasteiger partial charge in [0.2, 0.25) is 0 Å². The fourth-order valence-corrected chi connectivity index (χ4v) is 2.90. The number of carbonyl (C=O) groups excluding carboxylic acids is 2. The van der Waals surface area contributed by atoms with E-state index in [1.165, 1.54) is 25.3 Å². The van der Waals surface area contributed by atoms with Gasteiger partial charge in [-0.2, -0.15) is 0 Å². The summed E-state index contributed by atoms with van der Waals surface area (Å²) in [4.78, 5) is 28.2. The first-order valence-electron chi connectivity index (χ1n) is 8.84. The lowest BCUT2D eigenvalue weighted by atomic mass is 10.0. The minimum absolute atomic E-state index is 0.127. The molecule has 150 valence electrons. The van der Waals surface area contributed by atoms with Crippen molar-refractivity contribution >= 4 is 28.7 Å². The molecule has 8 heteroatoms. The summed E-state index contributed by atoms with van der Waals surface area (Å²) in [6.07, 6.45) is 1.29. The fraction of sp³-hybridized carbons (Fsp3) is 0.190. The van der Waals surface area contributed by atoms with Crippen molar-refractivity contribution < 1.29 is 28.6 Å². The highest BCUT2D eigenvalue weighted by Gasteiger charge is 2.20. The smallest absolute Gasteiger partial charge is 0.411 e. The summed E-state index contributed by atoms with van der Waals surface area (Å²) in [5.74, 6) is -1.45. The summed E-state index contributed by atoms with van der Waals surface area (Å²) in [5.41, 5.74) is 1.86. The van der Waals surface area contributed by atoms with Gasteiger partial charge in [0.1, 0.15) is 16.9 Å². The average Bonchev–Trinajstić information content (AvgIpc) is 2.71. The predicted octanol–water partition coefficient (Wildman–Crippen LogP) is 4.03. The van der Waals surface area contributed by atoms with Gasteiger partial charge >= 0.3 is 12.1 Å². The van der Waals surface area contributed by atoms with Crippen molar-refractivity contribution in [2.45, 2.75) is 13.3 Å². The second kappa shape index (κ2) is 8.55. The summed E-state index contributed by atoms with van der Waals surface area (Å²) in [5, 5.41) is 13.5. The molecule has 1 heterocycles. The molecule has 2 N–H and O–H groups in total. The summed E-state index contributed by atoms with van der Waals surface area (Å²) in [6, 6.07) is 9.10. The molecule has 3 rings (SSSR count). The summed E-state index contributed by atoms with van der Waals surface area (Å²) < 4.78 is 22.7. The van der Waals surface area contributed by atoms with Crippen LogP contribution in [0.5, 0.6) is 5.75 Å². The number of ether oxygens (including phenoxy) is 2. The zero-order chi connectivity index (χ0) is 21.0. The molecule has 0 unspecified atom stereocenters. The lowest BCUT2D eigenvalue weighted by Crippen LogP contribution is -2.14. The number of anilines is 1. The van der Waals surface area contributed by atoms with Crippen molar-refractivity contribution in [1.29, 1.82) is 0 Å². The molecule has 0 bridgehead atoms. The quantitative estimate of drug-likeness (QED) is 0.498. The lowest BCUT2D eigenvalue weighted by Gasteiger charge is -2.13. The number of amides is 1. The van der Waals surface area contributed by atoms with Crippen LogP contribution >= 0.6 is 0 Å². The number of hydrogen-bond acceptors (Lipinski definition) is 6. The van der Waals surface area contributed by atoms with Crippen molar-refractivity contribution in [3.05, 3.63) is 65.1 Å². The van der Waals surface area contributed by atoms with E-state index in [4.69, 9.17) is 4.74 Å². The van der Waals surface area contributed by atoms with Gasteiger partial charge in [-0.1, -0.05) is 12.1 Å². The maximum absolute atomic E-state index is 13.1. The number of esters is 1. The van der Waals surface area contributed by atoms with E-state index >= 15 is 0 Å². The minimum Gasteiger partial charge on any atom is -0.505 e. The zero-order valence-electron chi connectivity index (χ0n) is 15.9. The number of carbonyl (C=O) groups is 2. The number of nitrogens with one attached hydrogen (secondary N) is 1. The Balaban J connectivity index is 2.09. The average molecular weight is 398 g/mol. The first kappa shape index (κ1) is 20.1. The molecule has 0 atom stereocenters. The minimum atomic E-state index is -0.770. The summed E-state index contributed by atoms with van der Waals surface area (Å²) in [7, 11) is 1.18. The van der Waals surface area contributed by atoms with Crippen LogP contribution in [0.3, 0.4) is 0 Å². The van der Waals surface area contributed by atoms with Gasteiger partial charge in [-0.25, -0.2) is 14.0 Å². The van der Waals surface area contributed by atoms with E-state index in [0.717, 1.165) is 11.1 Å². The maximum atomic E-state index is 13.1. The normalized spacial score (nSPS) is 10.6.